The average molecular weight is 419 g/mol. The molecule has 0 radical (unpaired) electrons. The molecule has 0 fully saturated rings. The third kappa shape index (κ3) is 8.06. The summed E-state index contributed by atoms with van der Waals surface area (Å²) in [7, 11) is 0. The van der Waals surface area contributed by atoms with Crippen molar-refractivity contribution in [2.75, 3.05) is 23.4 Å². The SMILES string of the molecule is Cc1ccc(SCCC(=O)OCC(=O)Nc2ccccc2SCC(N)=O)cc1. The highest BCUT2D eigenvalue weighted by molar-refractivity contribution is 8.00. The molecule has 0 aromatic heterocycles. The number of carbonyl (C=O) groups is 3. The van der Waals surface area contributed by atoms with Gasteiger partial charge in [-0.05, 0) is 31.2 Å². The Labute approximate surface area is 172 Å². The maximum Gasteiger partial charge on any atom is 0.307 e. The van der Waals surface area contributed by atoms with E-state index in [1.807, 2.05) is 31.2 Å². The van der Waals surface area contributed by atoms with Crippen LogP contribution in [0.25, 0.3) is 0 Å². The molecular weight excluding hydrogens is 396 g/mol. The predicted molar refractivity (Wildman–Crippen MR) is 112 cm³/mol. The Morgan fingerprint density at radius 3 is 2.46 bits per heavy atom. The Kier molecular flexibility index (Phi) is 8.90. The summed E-state index contributed by atoms with van der Waals surface area (Å²) in [5.41, 5.74) is 6.88. The number of benzene rings is 2. The Bertz CT molecular complexity index is 825. The third-order valence-electron chi connectivity index (χ3n) is 3.49. The average Bonchev–Trinajstić information content (AvgIpc) is 2.67. The van der Waals surface area contributed by atoms with Crippen LogP contribution in [0.1, 0.15) is 12.0 Å². The van der Waals surface area contributed by atoms with E-state index in [1.54, 1.807) is 36.0 Å². The van der Waals surface area contributed by atoms with Gasteiger partial charge in [0.15, 0.2) is 6.61 Å². The minimum Gasteiger partial charge on any atom is -0.456 e. The van der Waals surface area contributed by atoms with Gasteiger partial charge in [-0.15, -0.1) is 23.5 Å². The highest BCUT2D eigenvalue weighted by Gasteiger charge is 2.11. The quantitative estimate of drug-likeness (QED) is 0.454. The van der Waals surface area contributed by atoms with Gasteiger partial charge in [0.2, 0.25) is 5.91 Å². The van der Waals surface area contributed by atoms with E-state index >= 15 is 0 Å². The number of esters is 1. The van der Waals surface area contributed by atoms with E-state index in [2.05, 4.69) is 5.32 Å². The summed E-state index contributed by atoms with van der Waals surface area (Å²) in [6.45, 7) is 1.66. The molecule has 28 heavy (non-hydrogen) atoms. The van der Waals surface area contributed by atoms with Crippen LogP contribution in [0.4, 0.5) is 5.69 Å². The summed E-state index contributed by atoms with van der Waals surface area (Å²) < 4.78 is 5.03. The molecular formula is C20H22N2O4S2. The number of aryl methyl sites for hydroxylation is 1. The summed E-state index contributed by atoms with van der Waals surface area (Å²) in [5, 5.41) is 2.68. The Balaban J connectivity index is 1.72. The number of carbonyl (C=O) groups excluding carboxylic acids is 3. The zero-order chi connectivity index (χ0) is 20.4. The molecule has 0 saturated carbocycles. The zero-order valence-corrected chi connectivity index (χ0v) is 17.1. The smallest absolute Gasteiger partial charge is 0.307 e. The lowest BCUT2D eigenvalue weighted by molar-refractivity contribution is -0.146. The first kappa shape index (κ1) is 21.8. The molecule has 0 spiro atoms. The minimum atomic E-state index is -0.441. The molecule has 148 valence electrons. The van der Waals surface area contributed by atoms with Gasteiger partial charge >= 0.3 is 5.97 Å². The van der Waals surface area contributed by atoms with Gasteiger partial charge in [-0.2, -0.15) is 0 Å². The number of hydrogen-bond donors (Lipinski definition) is 2. The maximum absolute atomic E-state index is 12.0. The normalized spacial score (nSPS) is 10.3. The van der Waals surface area contributed by atoms with Gasteiger partial charge in [0.25, 0.3) is 5.91 Å². The van der Waals surface area contributed by atoms with Crippen molar-refractivity contribution in [3.05, 3.63) is 54.1 Å². The lowest BCUT2D eigenvalue weighted by Gasteiger charge is -2.10. The second kappa shape index (κ2) is 11.4. The number of nitrogens with two attached hydrogens (primary N) is 1. The molecule has 8 heteroatoms. The van der Waals surface area contributed by atoms with E-state index in [0.717, 1.165) is 9.79 Å². The van der Waals surface area contributed by atoms with Crippen molar-refractivity contribution < 1.29 is 19.1 Å². The fourth-order valence-electron chi connectivity index (χ4n) is 2.14. The highest BCUT2D eigenvalue weighted by atomic mass is 32.2. The van der Waals surface area contributed by atoms with Crippen molar-refractivity contribution in [3.8, 4) is 0 Å². The summed E-state index contributed by atoms with van der Waals surface area (Å²) in [6.07, 6.45) is 0.219. The fraction of sp³-hybridized carbons (Fsp3) is 0.250. The number of rotatable bonds is 10. The molecule has 2 rings (SSSR count). The molecule has 2 aromatic carbocycles. The fourth-order valence-corrected chi connectivity index (χ4v) is 3.72. The molecule has 6 nitrogen and oxygen atoms in total. The van der Waals surface area contributed by atoms with Crippen LogP contribution < -0.4 is 11.1 Å². The molecule has 2 aromatic rings. The van der Waals surface area contributed by atoms with E-state index in [9.17, 15) is 14.4 Å². The monoisotopic (exact) mass is 418 g/mol. The first-order valence-electron chi connectivity index (χ1n) is 8.59. The molecule has 0 aliphatic carbocycles. The molecule has 0 atom stereocenters. The summed E-state index contributed by atoms with van der Waals surface area (Å²) in [6, 6.07) is 15.1. The largest absolute Gasteiger partial charge is 0.456 e. The number of thioether (sulfide) groups is 2. The van der Waals surface area contributed by atoms with Crippen LogP contribution in [0.5, 0.6) is 0 Å². The molecule has 2 amide bonds. The second-order valence-electron chi connectivity index (χ2n) is 5.87. The molecule has 0 saturated heterocycles. The standard InChI is InChI=1S/C20H22N2O4S2/c1-14-6-8-15(9-7-14)27-11-10-20(25)26-12-19(24)22-16-4-2-3-5-17(16)28-13-18(21)23/h2-9H,10-13H2,1H3,(H2,21,23)(H,22,24). The number of primary amides is 1. The van der Waals surface area contributed by atoms with Crippen molar-refractivity contribution in [1.82, 2.24) is 0 Å². The lowest BCUT2D eigenvalue weighted by atomic mass is 10.2. The zero-order valence-electron chi connectivity index (χ0n) is 15.5. The van der Waals surface area contributed by atoms with Crippen molar-refractivity contribution in [2.45, 2.75) is 23.1 Å². The van der Waals surface area contributed by atoms with Crippen LogP contribution in [0.15, 0.2) is 58.3 Å². The Morgan fingerprint density at radius 1 is 1.04 bits per heavy atom. The van der Waals surface area contributed by atoms with Gasteiger partial charge < -0.3 is 15.8 Å². The first-order chi connectivity index (χ1) is 13.4. The lowest BCUT2D eigenvalue weighted by Crippen LogP contribution is -2.21. The molecule has 0 aliphatic heterocycles. The predicted octanol–water partition coefficient (Wildman–Crippen LogP) is 3.24. The highest BCUT2D eigenvalue weighted by Crippen LogP contribution is 2.26. The third-order valence-corrected chi connectivity index (χ3v) is 5.60. The van der Waals surface area contributed by atoms with E-state index in [0.29, 0.717) is 11.4 Å². The van der Waals surface area contributed by atoms with E-state index in [1.165, 1.54) is 17.3 Å². The van der Waals surface area contributed by atoms with E-state index < -0.39 is 17.8 Å². The van der Waals surface area contributed by atoms with Gasteiger partial charge in [0.1, 0.15) is 0 Å². The molecule has 0 aliphatic rings. The van der Waals surface area contributed by atoms with Gasteiger partial charge in [-0.3, -0.25) is 14.4 Å². The number of hydrogen-bond acceptors (Lipinski definition) is 6. The number of amides is 2. The van der Waals surface area contributed by atoms with E-state index in [4.69, 9.17) is 10.5 Å². The van der Waals surface area contributed by atoms with Gasteiger partial charge in [0, 0.05) is 15.5 Å². The summed E-state index contributed by atoms with van der Waals surface area (Å²) in [4.78, 5) is 36.6. The number of ether oxygens (including phenoxy) is 1. The van der Waals surface area contributed by atoms with Crippen molar-refractivity contribution >= 4 is 47.0 Å². The summed E-state index contributed by atoms with van der Waals surface area (Å²) in [5.74, 6) is -0.613. The van der Waals surface area contributed by atoms with Gasteiger partial charge in [-0.1, -0.05) is 29.8 Å². The van der Waals surface area contributed by atoms with Crippen LogP contribution >= 0.6 is 23.5 Å². The van der Waals surface area contributed by atoms with E-state index in [-0.39, 0.29) is 18.8 Å². The van der Waals surface area contributed by atoms with Crippen LogP contribution in [0.3, 0.4) is 0 Å². The summed E-state index contributed by atoms with van der Waals surface area (Å²) >= 11 is 2.79. The molecule has 0 heterocycles. The van der Waals surface area contributed by atoms with Crippen LogP contribution in [-0.2, 0) is 19.1 Å². The Hall–Kier alpha value is -2.45. The van der Waals surface area contributed by atoms with Crippen molar-refractivity contribution in [1.29, 1.82) is 0 Å². The molecule has 0 unspecified atom stereocenters. The van der Waals surface area contributed by atoms with Crippen LogP contribution in [0, 0.1) is 6.92 Å². The number of nitrogens with one attached hydrogen (secondary N) is 1. The van der Waals surface area contributed by atoms with Crippen molar-refractivity contribution in [3.63, 3.8) is 0 Å². The maximum atomic E-state index is 12.0. The molecule has 0 bridgehead atoms. The second-order valence-corrected chi connectivity index (χ2v) is 8.06. The van der Waals surface area contributed by atoms with Crippen LogP contribution in [0.2, 0.25) is 0 Å². The van der Waals surface area contributed by atoms with Gasteiger partial charge in [-0.25, -0.2) is 0 Å². The first-order valence-corrected chi connectivity index (χ1v) is 10.6. The minimum absolute atomic E-state index is 0.112. The number of anilines is 1. The topological polar surface area (TPSA) is 98.5 Å². The molecule has 3 N–H and O–H groups in total. The van der Waals surface area contributed by atoms with Crippen molar-refractivity contribution in [2.24, 2.45) is 5.73 Å². The number of para-hydroxylation sites is 1. The van der Waals surface area contributed by atoms with Gasteiger partial charge in [0.05, 0.1) is 17.9 Å². The van der Waals surface area contributed by atoms with Crippen LogP contribution in [-0.4, -0.2) is 35.9 Å². The Morgan fingerprint density at radius 2 is 1.75 bits per heavy atom.